The summed E-state index contributed by atoms with van der Waals surface area (Å²) in [5.74, 6) is 0. The van der Waals surface area contributed by atoms with E-state index >= 15 is 0 Å². The third-order valence-electron chi connectivity index (χ3n) is 2.12. The van der Waals surface area contributed by atoms with Crippen LogP contribution in [0.2, 0.25) is 0 Å². The van der Waals surface area contributed by atoms with Crippen LogP contribution in [-0.4, -0.2) is 13.1 Å². The molecule has 2 aromatic rings. The van der Waals surface area contributed by atoms with E-state index in [0.717, 1.165) is 11.1 Å². The van der Waals surface area contributed by atoms with Crippen molar-refractivity contribution in [3.63, 3.8) is 0 Å². The zero-order chi connectivity index (χ0) is 11.4. The van der Waals surface area contributed by atoms with E-state index in [4.69, 9.17) is 4.74 Å². The fourth-order valence-electron chi connectivity index (χ4n) is 1.34. The van der Waals surface area contributed by atoms with Crippen molar-refractivity contribution in [1.82, 2.24) is 5.32 Å². The maximum absolute atomic E-state index is 11.3. The van der Waals surface area contributed by atoms with E-state index in [9.17, 15) is 4.79 Å². The topological polar surface area (TPSA) is 38.3 Å². The first-order valence-electron chi connectivity index (χ1n) is 4.74. The molecule has 0 spiro atoms. The molecule has 16 heavy (non-hydrogen) atoms. The van der Waals surface area contributed by atoms with Gasteiger partial charge in [-0.3, -0.25) is 0 Å². The lowest BCUT2D eigenvalue weighted by Gasteiger charge is -2.15. The SMILES string of the molecule is CNC(=O)OC(c1ccsc1)c1ccsc1. The lowest BCUT2D eigenvalue weighted by molar-refractivity contribution is 0.119. The van der Waals surface area contributed by atoms with Crippen molar-refractivity contribution in [3.05, 3.63) is 44.8 Å². The van der Waals surface area contributed by atoms with Crippen molar-refractivity contribution in [3.8, 4) is 0 Å². The van der Waals surface area contributed by atoms with Crippen LogP contribution in [0.4, 0.5) is 4.79 Å². The molecular formula is C11H11NO2S2. The van der Waals surface area contributed by atoms with Gasteiger partial charge in [0, 0.05) is 18.2 Å². The second-order valence-corrected chi connectivity index (χ2v) is 4.71. The number of amides is 1. The second kappa shape index (κ2) is 5.14. The fourth-order valence-corrected chi connectivity index (χ4v) is 2.69. The predicted molar refractivity (Wildman–Crippen MR) is 66.0 cm³/mol. The average molecular weight is 253 g/mol. The zero-order valence-corrected chi connectivity index (χ0v) is 10.3. The maximum atomic E-state index is 11.3. The third kappa shape index (κ3) is 2.43. The summed E-state index contributed by atoms with van der Waals surface area (Å²) in [6.45, 7) is 0. The maximum Gasteiger partial charge on any atom is 0.407 e. The van der Waals surface area contributed by atoms with Crippen LogP contribution >= 0.6 is 22.7 Å². The highest BCUT2D eigenvalue weighted by atomic mass is 32.1. The molecule has 0 aliphatic carbocycles. The van der Waals surface area contributed by atoms with E-state index in [1.54, 1.807) is 29.7 Å². The number of hydrogen-bond donors (Lipinski definition) is 1. The van der Waals surface area contributed by atoms with Gasteiger partial charge in [0.25, 0.3) is 0 Å². The standard InChI is InChI=1S/C11H11NO2S2/c1-12-11(13)14-10(8-2-4-15-6-8)9-3-5-16-7-9/h2-7,10H,1H3,(H,12,13). The molecule has 0 aliphatic rings. The van der Waals surface area contributed by atoms with Gasteiger partial charge >= 0.3 is 6.09 Å². The molecule has 0 aromatic carbocycles. The highest BCUT2D eigenvalue weighted by Gasteiger charge is 2.19. The first-order valence-corrected chi connectivity index (χ1v) is 6.62. The van der Waals surface area contributed by atoms with Crippen molar-refractivity contribution in [2.75, 3.05) is 7.05 Å². The quantitative estimate of drug-likeness (QED) is 0.911. The molecule has 1 N–H and O–H groups in total. The van der Waals surface area contributed by atoms with Crippen LogP contribution in [0, 0.1) is 0 Å². The van der Waals surface area contributed by atoms with Crippen LogP contribution in [0.25, 0.3) is 0 Å². The second-order valence-electron chi connectivity index (χ2n) is 3.15. The van der Waals surface area contributed by atoms with Crippen molar-refractivity contribution < 1.29 is 9.53 Å². The van der Waals surface area contributed by atoms with Gasteiger partial charge in [-0.15, -0.1) is 0 Å². The number of carbonyl (C=O) groups is 1. The molecule has 3 nitrogen and oxygen atoms in total. The van der Waals surface area contributed by atoms with Crippen molar-refractivity contribution in [1.29, 1.82) is 0 Å². The van der Waals surface area contributed by atoms with E-state index in [1.165, 1.54) is 0 Å². The molecule has 1 amide bonds. The number of ether oxygens (including phenoxy) is 1. The first-order chi connectivity index (χ1) is 7.81. The monoisotopic (exact) mass is 253 g/mol. The Labute approximate surface area is 102 Å². The van der Waals surface area contributed by atoms with Gasteiger partial charge in [-0.2, -0.15) is 22.7 Å². The Morgan fingerprint density at radius 3 is 2.19 bits per heavy atom. The van der Waals surface area contributed by atoms with Crippen LogP contribution < -0.4 is 5.32 Å². The summed E-state index contributed by atoms with van der Waals surface area (Å²) in [5, 5.41) is 10.4. The summed E-state index contributed by atoms with van der Waals surface area (Å²) < 4.78 is 5.35. The number of thiophene rings is 2. The molecular weight excluding hydrogens is 242 g/mol. The minimum Gasteiger partial charge on any atom is -0.436 e. The van der Waals surface area contributed by atoms with E-state index in [-0.39, 0.29) is 6.10 Å². The molecule has 0 atom stereocenters. The molecule has 84 valence electrons. The number of carbonyl (C=O) groups excluding carboxylic acids is 1. The Kier molecular flexibility index (Phi) is 3.58. The molecule has 0 aliphatic heterocycles. The molecule has 0 saturated carbocycles. The van der Waals surface area contributed by atoms with E-state index in [1.807, 2.05) is 33.7 Å². The first kappa shape index (κ1) is 11.2. The van der Waals surface area contributed by atoms with E-state index in [2.05, 4.69) is 5.32 Å². The minimum atomic E-state index is -0.414. The van der Waals surface area contributed by atoms with Crippen LogP contribution in [0.1, 0.15) is 17.2 Å². The summed E-state index contributed by atoms with van der Waals surface area (Å²) in [7, 11) is 1.56. The van der Waals surface area contributed by atoms with Crippen LogP contribution in [0.15, 0.2) is 33.7 Å². The van der Waals surface area contributed by atoms with Gasteiger partial charge in [0.2, 0.25) is 0 Å². The van der Waals surface area contributed by atoms with Gasteiger partial charge in [0.15, 0.2) is 6.10 Å². The van der Waals surface area contributed by atoms with Gasteiger partial charge in [-0.1, -0.05) is 0 Å². The minimum absolute atomic E-state index is 0.308. The van der Waals surface area contributed by atoms with Gasteiger partial charge in [0.05, 0.1) is 0 Å². The Bertz CT molecular complexity index is 402. The molecule has 0 bridgehead atoms. The smallest absolute Gasteiger partial charge is 0.407 e. The molecule has 0 fully saturated rings. The van der Waals surface area contributed by atoms with Crippen molar-refractivity contribution >= 4 is 28.8 Å². The Hall–Kier alpha value is -1.33. The Balaban J connectivity index is 2.24. The molecule has 0 unspecified atom stereocenters. The Morgan fingerprint density at radius 2 is 1.81 bits per heavy atom. The third-order valence-corrected chi connectivity index (χ3v) is 3.52. The average Bonchev–Trinajstić information content (AvgIpc) is 2.97. The number of rotatable bonds is 3. The predicted octanol–water partition coefficient (Wildman–Crippen LogP) is 3.26. The van der Waals surface area contributed by atoms with E-state index < -0.39 is 6.09 Å². The summed E-state index contributed by atoms with van der Waals surface area (Å²) >= 11 is 3.18. The fraction of sp³-hybridized carbons (Fsp3) is 0.182. The largest absolute Gasteiger partial charge is 0.436 e. The summed E-state index contributed by atoms with van der Waals surface area (Å²) in [6.07, 6.45) is -0.722. The zero-order valence-electron chi connectivity index (χ0n) is 8.67. The van der Waals surface area contributed by atoms with Crippen molar-refractivity contribution in [2.24, 2.45) is 0 Å². The van der Waals surface area contributed by atoms with Gasteiger partial charge < -0.3 is 10.1 Å². The number of hydrogen-bond acceptors (Lipinski definition) is 4. The van der Waals surface area contributed by atoms with Crippen LogP contribution in [0.5, 0.6) is 0 Å². The van der Waals surface area contributed by atoms with E-state index in [0.29, 0.717) is 0 Å². The summed E-state index contributed by atoms with van der Waals surface area (Å²) in [5.41, 5.74) is 2.01. The highest BCUT2D eigenvalue weighted by molar-refractivity contribution is 7.08. The number of alkyl carbamates (subject to hydrolysis) is 1. The number of nitrogens with one attached hydrogen (secondary N) is 1. The highest BCUT2D eigenvalue weighted by Crippen LogP contribution is 2.29. The molecule has 5 heteroatoms. The molecule has 2 heterocycles. The van der Waals surface area contributed by atoms with Gasteiger partial charge in [-0.25, -0.2) is 4.79 Å². The lowest BCUT2D eigenvalue weighted by atomic mass is 10.1. The molecule has 0 saturated heterocycles. The Morgan fingerprint density at radius 1 is 1.25 bits per heavy atom. The summed E-state index contributed by atoms with van der Waals surface area (Å²) in [4.78, 5) is 11.3. The van der Waals surface area contributed by atoms with Crippen LogP contribution in [0.3, 0.4) is 0 Å². The normalized spacial score (nSPS) is 10.4. The molecule has 2 aromatic heterocycles. The lowest BCUT2D eigenvalue weighted by Crippen LogP contribution is -2.22. The van der Waals surface area contributed by atoms with Gasteiger partial charge in [0.1, 0.15) is 0 Å². The van der Waals surface area contributed by atoms with Gasteiger partial charge in [-0.05, 0) is 33.7 Å². The molecule has 2 rings (SSSR count). The van der Waals surface area contributed by atoms with Crippen LogP contribution in [-0.2, 0) is 4.74 Å². The summed E-state index contributed by atoms with van der Waals surface area (Å²) in [6, 6.07) is 3.94. The van der Waals surface area contributed by atoms with Crippen molar-refractivity contribution in [2.45, 2.75) is 6.10 Å². The molecule has 0 radical (unpaired) electrons.